The number of rotatable bonds is 3. The van der Waals surface area contributed by atoms with Crippen molar-refractivity contribution in [1.82, 2.24) is 19.4 Å². The molecular formula is C22H25F3N4O4. The zero-order valence-electron chi connectivity index (χ0n) is 18.1. The molecule has 1 atom stereocenters. The van der Waals surface area contributed by atoms with Gasteiger partial charge in [-0.05, 0) is 43.0 Å². The van der Waals surface area contributed by atoms with Crippen LogP contribution in [0, 0.1) is 5.41 Å². The maximum Gasteiger partial charge on any atom is 0.490 e. The number of likely N-dealkylation sites (tertiary alicyclic amines) is 2. The number of hydrogen-bond donors (Lipinski definition) is 1. The number of piperidine rings is 1. The Hall–Kier alpha value is -3.37. The molecule has 0 saturated carbocycles. The van der Waals surface area contributed by atoms with Gasteiger partial charge in [0.1, 0.15) is 5.69 Å². The Morgan fingerprint density at radius 2 is 1.91 bits per heavy atom. The second-order valence-corrected chi connectivity index (χ2v) is 8.26. The molecule has 0 bridgehead atoms. The van der Waals surface area contributed by atoms with Gasteiger partial charge in [-0.25, -0.2) is 4.79 Å². The molecule has 1 N–H and O–H groups in total. The number of hydrogen-bond acceptors (Lipinski definition) is 4. The smallest absolute Gasteiger partial charge is 0.475 e. The molecule has 4 rings (SSSR count). The van der Waals surface area contributed by atoms with Gasteiger partial charge >= 0.3 is 12.1 Å². The number of aliphatic carboxylic acids is 1. The standard InChI is InChI=1S/C20H24N4O2.C2HF3O2/c1-22-10-3-6-17(22)18(25)24-11-4-7-20(15-24)8-12-23(19(20)26)14-16-5-2-9-21-13-16;3-2(4,5)1(6)7/h2-3,5-6,9-10,13H,4,7-8,11-12,14-15H2,1H3;(H,6,7). The molecule has 2 amide bonds. The fourth-order valence-electron chi connectivity index (χ4n) is 4.28. The topological polar surface area (TPSA) is 95.7 Å². The van der Waals surface area contributed by atoms with Gasteiger partial charge in [0, 0.05) is 51.8 Å². The second kappa shape index (κ2) is 9.63. The maximum atomic E-state index is 13.2. The molecule has 8 nitrogen and oxygen atoms in total. The number of alkyl halides is 3. The second-order valence-electron chi connectivity index (χ2n) is 8.26. The van der Waals surface area contributed by atoms with Crippen LogP contribution in [0.2, 0.25) is 0 Å². The van der Waals surface area contributed by atoms with Crippen molar-refractivity contribution < 1.29 is 32.7 Å². The minimum atomic E-state index is -5.08. The van der Waals surface area contributed by atoms with Crippen LogP contribution < -0.4 is 0 Å². The Labute approximate surface area is 188 Å². The third-order valence-corrected chi connectivity index (χ3v) is 5.97. The first kappa shape index (κ1) is 24.3. The minimum absolute atomic E-state index is 0.0232. The molecule has 2 aliphatic rings. The van der Waals surface area contributed by atoms with Crippen LogP contribution in [0.4, 0.5) is 13.2 Å². The van der Waals surface area contributed by atoms with Gasteiger partial charge in [0.25, 0.3) is 5.91 Å². The van der Waals surface area contributed by atoms with Gasteiger partial charge in [-0.1, -0.05) is 6.07 Å². The van der Waals surface area contributed by atoms with Crippen molar-refractivity contribution in [2.45, 2.75) is 32.0 Å². The molecular weight excluding hydrogens is 441 g/mol. The normalized spacial score (nSPS) is 20.5. The average molecular weight is 466 g/mol. The Morgan fingerprint density at radius 1 is 1.18 bits per heavy atom. The lowest BCUT2D eigenvalue weighted by Gasteiger charge is -2.39. The van der Waals surface area contributed by atoms with Gasteiger partial charge in [0.15, 0.2) is 0 Å². The van der Waals surface area contributed by atoms with Crippen molar-refractivity contribution in [1.29, 1.82) is 0 Å². The zero-order valence-corrected chi connectivity index (χ0v) is 18.1. The van der Waals surface area contributed by atoms with Crippen LogP contribution >= 0.6 is 0 Å². The van der Waals surface area contributed by atoms with Gasteiger partial charge in [0.05, 0.1) is 5.41 Å². The summed E-state index contributed by atoms with van der Waals surface area (Å²) in [5, 5.41) is 7.12. The van der Waals surface area contributed by atoms with E-state index in [2.05, 4.69) is 4.98 Å². The van der Waals surface area contributed by atoms with Crippen molar-refractivity contribution in [3.05, 3.63) is 54.1 Å². The van der Waals surface area contributed by atoms with Gasteiger partial charge in [0.2, 0.25) is 5.91 Å². The Morgan fingerprint density at radius 3 is 2.48 bits per heavy atom. The van der Waals surface area contributed by atoms with E-state index >= 15 is 0 Å². The van der Waals surface area contributed by atoms with Crippen LogP contribution in [0.3, 0.4) is 0 Å². The number of pyridine rings is 1. The Bertz CT molecular complexity index is 1010. The van der Waals surface area contributed by atoms with Crippen molar-refractivity contribution in [3.8, 4) is 0 Å². The number of carbonyl (C=O) groups excluding carboxylic acids is 2. The zero-order chi connectivity index (χ0) is 24.2. The molecule has 1 unspecified atom stereocenters. The number of nitrogens with zero attached hydrogens (tertiary/aromatic N) is 4. The predicted octanol–water partition coefficient (Wildman–Crippen LogP) is 2.71. The lowest BCUT2D eigenvalue weighted by atomic mass is 9.78. The largest absolute Gasteiger partial charge is 0.490 e. The molecule has 0 radical (unpaired) electrons. The maximum absolute atomic E-state index is 13.2. The lowest BCUT2D eigenvalue weighted by molar-refractivity contribution is -0.192. The Kier molecular flexibility index (Phi) is 7.09. The summed E-state index contributed by atoms with van der Waals surface area (Å²) in [5.41, 5.74) is 1.31. The van der Waals surface area contributed by atoms with E-state index in [4.69, 9.17) is 9.90 Å². The van der Waals surface area contributed by atoms with Gasteiger partial charge < -0.3 is 19.5 Å². The molecule has 2 fully saturated rings. The molecule has 2 aromatic heterocycles. The summed E-state index contributed by atoms with van der Waals surface area (Å²) in [5.74, 6) is -2.55. The SMILES string of the molecule is Cn1cccc1C(=O)N1CCCC2(CCN(Cc3cccnc3)C2=O)C1.O=C(O)C(F)(F)F. The summed E-state index contributed by atoms with van der Waals surface area (Å²) < 4.78 is 33.6. The third-order valence-electron chi connectivity index (χ3n) is 5.97. The van der Waals surface area contributed by atoms with E-state index in [0.29, 0.717) is 18.8 Å². The first-order valence-corrected chi connectivity index (χ1v) is 10.4. The van der Waals surface area contributed by atoms with Crippen LogP contribution in [-0.2, 0) is 23.2 Å². The van der Waals surface area contributed by atoms with E-state index in [1.807, 2.05) is 58.1 Å². The first-order chi connectivity index (χ1) is 15.5. The highest BCUT2D eigenvalue weighted by atomic mass is 19.4. The van der Waals surface area contributed by atoms with Crippen molar-refractivity contribution in [2.24, 2.45) is 12.5 Å². The van der Waals surface area contributed by atoms with Gasteiger partial charge in [-0.3, -0.25) is 14.6 Å². The minimum Gasteiger partial charge on any atom is -0.475 e. The number of aryl methyl sites for hydroxylation is 1. The lowest BCUT2D eigenvalue weighted by Crippen LogP contribution is -2.50. The molecule has 2 aromatic rings. The highest BCUT2D eigenvalue weighted by Gasteiger charge is 2.49. The molecule has 2 saturated heterocycles. The van der Waals surface area contributed by atoms with Crippen molar-refractivity contribution >= 4 is 17.8 Å². The molecule has 178 valence electrons. The number of amides is 2. The number of carboxylic acids is 1. The summed E-state index contributed by atoms with van der Waals surface area (Å²) in [7, 11) is 1.88. The summed E-state index contributed by atoms with van der Waals surface area (Å²) in [6, 6.07) is 7.61. The first-order valence-electron chi connectivity index (χ1n) is 10.4. The molecule has 33 heavy (non-hydrogen) atoms. The molecule has 0 aromatic carbocycles. The van der Waals surface area contributed by atoms with Crippen molar-refractivity contribution in [3.63, 3.8) is 0 Å². The van der Waals surface area contributed by atoms with E-state index in [1.54, 1.807) is 6.20 Å². The molecule has 4 heterocycles. The highest BCUT2D eigenvalue weighted by molar-refractivity contribution is 5.94. The quantitative estimate of drug-likeness (QED) is 0.751. The van der Waals surface area contributed by atoms with E-state index < -0.39 is 17.6 Å². The fraction of sp³-hybridized carbons (Fsp3) is 0.455. The van der Waals surface area contributed by atoms with E-state index in [0.717, 1.165) is 37.9 Å². The average Bonchev–Trinajstić information content (AvgIpc) is 3.33. The van der Waals surface area contributed by atoms with Crippen molar-refractivity contribution in [2.75, 3.05) is 19.6 Å². The number of aromatic nitrogens is 2. The summed E-state index contributed by atoms with van der Waals surface area (Å²) in [6.07, 6.45) is 2.91. The van der Waals surface area contributed by atoms with Gasteiger partial charge in [-0.2, -0.15) is 13.2 Å². The molecule has 11 heteroatoms. The fourth-order valence-corrected chi connectivity index (χ4v) is 4.28. The summed E-state index contributed by atoms with van der Waals surface area (Å²) in [4.78, 5) is 42.9. The number of carboxylic acid groups (broad SMARTS) is 1. The van der Waals surface area contributed by atoms with E-state index in [-0.39, 0.29) is 11.8 Å². The summed E-state index contributed by atoms with van der Waals surface area (Å²) >= 11 is 0. The molecule has 2 aliphatic heterocycles. The van der Waals surface area contributed by atoms with Crippen LogP contribution in [0.25, 0.3) is 0 Å². The third kappa shape index (κ3) is 5.52. The summed E-state index contributed by atoms with van der Waals surface area (Å²) in [6.45, 7) is 2.60. The molecule has 1 spiro atoms. The Balaban J connectivity index is 0.000000383. The predicted molar refractivity (Wildman–Crippen MR) is 111 cm³/mol. The highest BCUT2D eigenvalue weighted by Crippen LogP contribution is 2.41. The van der Waals surface area contributed by atoms with Gasteiger partial charge in [-0.15, -0.1) is 0 Å². The molecule has 0 aliphatic carbocycles. The monoisotopic (exact) mass is 466 g/mol. The number of halogens is 3. The number of carbonyl (C=O) groups is 3. The van der Waals surface area contributed by atoms with E-state index in [1.165, 1.54) is 0 Å². The van der Waals surface area contributed by atoms with Crippen LogP contribution in [0.1, 0.15) is 35.3 Å². The van der Waals surface area contributed by atoms with Crippen LogP contribution in [0.15, 0.2) is 42.9 Å². The van der Waals surface area contributed by atoms with Crippen LogP contribution in [-0.4, -0.2) is 68.1 Å². The van der Waals surface area contributed by atoms with E-state index in [9.17, 15) is 22.8 Å². The van der Waals surface area contributed by atoms with Crippen LogP contribution in [0.5, 0.6) is 0 Å².